The Hall–Kier alpha value is -1.95. The Morgan fingerprint density at radius 1 is 1.40 bits per heavy atom. The van der Waals surface area contributed by atoms with Crippen molar-refractivity contribution >= 4 is 17.6 Å². The molecular weight excluding hydrogens is 280 g/mol. The van der Waals surface area contributed by atoms with Gasteiger partial charge in [0.15, 0.2) is 5.82 Å². The van der Waals surface area contributed by atoms with Crippen molar-refractivity contribution in [1.29, 1.82) is 0 Å². The number of aryl methyl sites for hydroxylation is 1. The average Bonchev–Trinajstić information content (AvgIpc) is 2.85. The average molecular weight is 295 g/mol. The van der Waals surface area contributed by atoms with E-state index in [0.29, 0.717) is 10.8 Å². The molecule has 0 amide bonds. The predicted octanol–water partition coefficient (Wildman–Crippen LogP) is 2.58. The van der Waals surface area contributed by atoms with Gasteiger partial charge in [0.2, 0.25) is 0 Å². The molecule has 0 fully saturated rings. The molecule has 0 aliphatic heterocycles. The predicted molar refractivity (Wildman–Crippen MR) is 74.5 cm³/mol. The largest absolute Gasteiger partial charge is 0.481 e. The van der Waals surface area contributed by atoms with Crippen LogP contribution in [0.1, 0.15) is 25.5 Å². The summed E-state index contributed by atoms with van der Waals surface area (Å²) in [5.74, 6) is -0.934. The second-order valence-electron chi connectivity index (χ2n) is 4.77. The van der Waals surface area contributed by atoms with Crippen molar-refractivity contribution in [1.82, 2.24) is 20.2 Å². The number of aromatic nitrogens is 4. The molecule has 2 rings (SSSR count). The SMILES string of the molecule is Cc1cc(Cl)ccc1-c1nnnn1C(C)C(C)C(=O)O. The zero-order valence-electron chi connectivity index (χ0n) is 11.4. The van der Waals surface area contributed by atoms with E-state index in [1.165, 1.54) is 4.68 Å². The molecule has 1 N–H and O–H groups in total. The zero-order chi connectivity index (χ0) is 14.9. The van der Waals surface area contributed by atoms with Gasteiger partial charge in [0.05, 0.1) is 12.0 Å². The summed E-state index contributed by atoms with van der Waals surface area (Å²) in [6.45, 7) is 5.32. The van der Waals surface area contributed by atoms with Crippen LogP contribution in [0.3, 0.4) is 0 Å². The summed E-state index contributed by atoms with van der Waals surface area (Å²) in [7, 11) is 0. The van der Waals surface area contributed by atoms with Crippen LogP contribution in [-0.4, -0.2) is 31.3 Å². The maximum Gasteiger partial charge on any atom is 0.308 e. The van der Waals surface area contributed by atoms with Gasteiger partial charge in [0, 0.05) is 10.6 Å². The van der Waals surface area contributed by atoms with Crippen LogP contribution in [0.15, 0.2) is 18.2 Å². The molecule has 0 saturated heterocycles. The number of carboxylic acid groups (broad SMARTS) is 1. The minimum absolute atomic E-state index is 0.354. The number of hydrogen-bond acceptors (Lipinski definition) is 4. The van der Waals surface area contributed by atoms with Crippen LogP contribution in [-0.2, 0) is 4.79 Å². The van der Waals surface area contributed by atoms with Crippen LogP contribution < -0.4 is 0 Å². The van der Waals surface area contributed by atoms with Crippen LogP contribution in [0.2, 0.25) is 5.02 Å². The van der Waals surface area contributed by atoms with Gasteiger partial charge in [0.25, 0.3) is 0 Å². The molecule has 0 spiro atoms. The quantitative estimate of drug-likeness (QED) is 0.937. The Morgan fingerprint density at radius 2 is 2.10 bits per heavy atom. The van der Waals surface area contributed by atoms with Gasteiger partial charge < -0.3 is 5.11 Å². The fourth-order valence-corrected chi connectivity index (χ4v) is 2.17. The van der Waals surface area contributed by atoms with Gasteiger partial charge in [-0.15, -0.1) is 5.10 Å². The lowest BCUT2D eigenvalue weighted by atomic mass is 10.0. The minimum Gasteiger partial charge on any atom is -0.481 e. The maximum atomic E-state index is 11.1. The first-order chi connectivity index (χ1) is 9.41. The lowest BCUT2D eigenvalue weighted by Gasteiger charge is -2.17. The molecule has 0 aliphatic rings. The third-order valence-corrected chi connectivity index (χ3v) is 3.66. The zero-order valence-corrected chi connectivity index (χ0v) is 12.2. The highest BCUT2D eigenvalue weighted by Crippen LogP contribution is 2.27. The molecule has 7 heteroatoms. The van der Waals surface area contributed by atoms with Gasteiger partial charge in [0.1, 0.15) is 0 Å². The number of rotatable bonds is 4. The topological polar surface area (TPSA) is 80.9 Å². The van der Waals surface area contributed by atoms with E-state index >= 15 is 0 Å². The Kier molecular flexibility index (Phi) is 4.04. The monoisotopic (exact) mass is 294 g/mol. The second-order valence-corrected chi connectivity index (χ2v) is 5.21. The molecule has 2 unspecified atom stereocenters. The van der Waals surface area contributed by atoms with Crippen LogP contribution >= 0.6 is 11.6 Å². The van der Waals surface area contributed by atoms with Crippen LogP contribution in [0, 0.1) is 12.8 Å². The van der Waals surface area contributed by atoms with Crippen molar-refractivity contribution in [2.45, 2.75) is 26.8 Å². The third-order valence-electron chi connectivity index (χ3n) is 3.42. The Labute approximate surface area is 121 Å². The number of benzene rings is 1. The van der Waals surface area contributed by atoms with E-state index in [4.69, 9.17) is 16.7 Å². The molecule has 6 nitrogen and oxygen atoms in total. The van der Waals surface area contributed by atoms with Crippen LogP contribution in [0.4, 0.5) is 0 Å². The summed E-state index contributed by atoms with van der Waals surface area (Å²) in [5.41, 5.74) is 1.77. The lowest BCUT2D eigenvalue weighted by Crippen LogP contribution is -2.23. The van der Waals surface area contributed by atoms with E-state index in [-0.39, 0.29) is 6.04 Å². The van der Waals surface area contributed by atoms with E-state index in [9.17, 15) is 4.79 Å². The number of aliphatic carboxylic acids is 1. The summed E-state index contributed by atoms with van der Waals surface area (Å²) in [4.78, 5) is 11.1. The highest BCUT2D eigenvalue weighted by Gasteiger charge is 2.25. The van der Waals surface area contributed by atoms with Gasteiger partial charge in [-0.1, -0.05) is 11.6 Å². The molecule has 106 valence electrons. The van der Waals surface area contributed by atoms with Crippen molar-refractivity contribution in [2.24, 2.45) is 5.92 Å². The molecule has 0 aliphatic carbocycles. The number of halogens is 1. The minimum atomic E-state index is -0.883. The van der Waals surface area contributed by atoms with E-state index in [1.54, 1.807) is 19.9 Å². The van der Waals surface area contributed by atoms with Crippen LogP contribution in [0.25, 0.3) is 11.4 Å². The van der Waals surface area contributed by atoms with E-state index in [0.717, 1.165) is 11.1 Å². The molecule has 1 aromatic carbocycles. The van der Waals surface area contributed by atoms with Crippen molar-refractivity contribution in [3.05, 3.63) is 28.8 Å². The van der Waals surface area contributed by atoms with Gasteiger partial charge in [-0.3, -0.25) is 4.79 Å². The normalized spacial score (nSPS) is 14.0. The molecule has 1 heterocycles. The summed E-state index contributed by atoms with van der Waals surface area (Å²) in [6, 6.07) is 5.06. The number of carboxylic acids is 1. The van der Waals surface area contributed by atoms with Crippen molar-refractivity contribution in [2.75, 3.05) is 0 Å². The first-order valence-corrected chi connectivity index (χ1v) is 6.56. The lowest BCUT2D eigenvalue weighted by molar-refractivity contribution is -0.142. The third kappa shape index (κ3) is 2.65. The number of hydrogen-bond donors (Lipinski definition) is 1. The highest BCUT2D eigenvalue weighted by atomic mass is 35.5. The molecule has 2 atom stereocenters. The second kappa shape index (κ2) is 5.58. The van der Waals surface area contributed by atoms with Crippen LogP contribution in [0.5, 0.6) is 0 Å². The first kappa shape index (κ1) is 14.5. The van der Waals surface area contributed by atoms with Gasteiger partial charge in [-0.2, -0.15) is 0 Å². The van der Waals surface area contributed by atoms with Crippen molar-refractivity contribution < 1.29 is 9.90 Å². The molecule has 0 bridgehead atoms. The number of tetrazole rings is 1. The summed E-state index contributed by atoms with van der Waals surface area (Å²) < 4.78 is 1.54. The smallest absolute Gasteiger partial charge is 0.308 e. The Morgan fingerprint density at radius 3 is 2.70 bits per heavy atom. The first-order valence-electron chi connectivity index (χ1n) is 6.19. The molecule has 2 aromatic rings. The van der Waals surface area contributed by atoms with Crippen molar-refractivity contribution in [3.8, 4) is 11.4 Å². The number of nitrogens with zero attached hydrogens (tertiary/aromatic N) is 4. The highest BCUT2D eigenvalue weighted by molar-refractivity contribution is 6.30. The van der Waals surface area contributed by atoms with Gasteiger partial charge in [-0.25, -0.2) is 4.68 Å². The summed E-state index contributed by atoms with van der Waals surface area (Å²) >= 11 is 5.94. The van der Waals surface area contributed by atoms with Crippen molar-refractivity contribution in [3.63, 3.8) is 0 Å². The van der Waals surface area contributed by atoms with E-state index in [2.05, 4.69) is 15.5 Å². The number of carbonyl (C=O) groups is 1. The van der Waals surface area contributed by atoms with E-state index in [1.807, 2.05) is 19.1 Å². The van der Waals surface area contributed by atoms with E-state index < -0.39 is 11.9 Å². The maximum absolute atomic E-state index is 11.1. The standard InChI is InChI=1S/C13H15ClN4O2/c1-7-6-10(14)4-5-11(7)12-15-16-17-18(12)9(3)8(2)13(19)20/h4-6,8-9H,1-3H3,(H,19,20). The Balaban J connectivity index is 2.45. The summed E-state index contributed by atoms with van der Waals surface area (Å²) in [6.07, 6.45) is 0. The Bertz CT molecular complexity index is 641. The molecule has 0 radical (unpaired) electrons. The molecule has 1 aromatic heterocycles. The van der Waals surface area contributed by atoms with Gasteiger partial charge >= 0.3 is 5.97 Å². The summed E-state index contributed by atoms with van der Waals surface area (Å²) in [5, 5.41) is 21.3. The fourth-order valence-electron chi connectivity index (χ4n) is 1.94. The molecule has 20 heavy (non-hydrogen) atoms. The molecular formula is C13H15ClN4O2. The fraction of sp³-hybridized carbons (Fsp3) is 0.385. The molecule has 0 saturated carbocycles. The van der Waals surface area contributed by atoms with Gasteiger partial charge in [-0.05, 0) is 55.0 Å².